The van der Waals surface area contributed by atoms with Crippen molar-refractivity contribution in [1.29, 1.82) is 0 Å². The van der Waals surface area contributed by atoms with Crippen LogP contribution in [0.1, 0.15) is 11.1 Å². The number of nitrogens with one attached hydrogen (secondary N) is 1. The number of anilines is 1. The van der Waals surface area contributed by atoms with Crippen molar-refractivity contribution in [2.24, 2.45) is 0 Å². The van der Waals surface area contributed by atoms with Crippen LogP contribution in [0.2, 0.25) is 0 Å². The van der Waals surface area contributed by atoms with Crippen LogP contribution in [0.4, 0.5) is 10.5 Å². The van der Waals surface area contributed by atoms with Gasteiger partial charge in [-0.15, -0.1) is 12.8 Å². The number of aryl methyl sites for hydroxylation is 2. The molecule has 0 saturated carbocycles. The highest BCUT2D eigenvalue weighted by Crippen LogP contribution is 2.16. The molecule has 1 rings (SSSR count). The highest BCUT2D eigenvalue weighted by atomic mass is 16.2. The maximum atomic E-state index is 12.0. The van der Waals surface area contributed by atoms with E-state index >= 15 is 0 Å². The predicted molar refractivity (Wildman–Crippen MR) is 74.2 cm³/mol. The SMILES string of the molecule is C#CCN(CC#C)C(=O)Nc1ccc(C)cc1C. The first kappa shape index (κ1) is 13.7. The van der Waals surface area contributed by atoms with E-state index in [9.17, 15) is 4.79 Å². The molecule has 0 aromatic heterocycles. The molecule has 1 aromatic carbocycles. The summed E-state index contributed by atoms with van der Waals surface area (Å²) in [6.07, 6.45) is 10.4. The number of rotatable bonds is 3. The zero-order chi connectivity index (χ0) is 13.5. The van der Waals surface area contributed by atoms with Crippen LogP contribution >= 0.6 is 0 Å². The minimum Gasteiger partial charge on any atom is -0.308 e. The Morgan fingerprint density at radius 1 is 1.28 bits per heavy atom. The molecule has 0 atom stereocenters. The maximum absolute atomic E-state index is 12.0. The van der Waals surface area contributed by atoms with Gasteiger partial charge in [-0.3, -0.25) is 0 Å². The number of urea groups is 1. The van der Waals surface area contributed by atoms with Crippen LogP contribution in [0.25, 0.3) is 0 Å². The van der Waals surface area contributed by atoms with E-state index in [-0.39, 0.29) is 19.1 Å². The van der Waals surface area contributed by atoms with Crippen molar-refractivity contribution in [1.82, 2.24) is 4.90 Å². The summed E-state index contributed by atoms with van der Waals surface area (Å²) in [4.78, 5) is 13.4. The van der Waals surface area contributed by atoms with Crippen LogP contribution in [0.15, 0.2) is 18.2 Å². The molecule has 1 N–H and O–H groups in total. The van der Waals surface area contributed by atoms with E-state index in [0.717, 1.165) is 16.8 Å². The minimum atomic E-state index is -0.280. The first-order chi connectivity index (χ1) is 8.58. The predicted octanol–water partition coefficient (Wildman–Crippen LogP) is 2.40. The molecule has 3 nitrogen and oxygen atoms in total. The number of nitrogens with zero attached hydrogens (tertiary/aromatic N) is 1. The molecule has 3 heteroatoms. The zero-order valence-corrected chi connectivity index (χ0v) is 10.7. The molecule has 0 heterocycles. The van der Waals surface area contributed by atoms with Crippen LogP contribution in [0.3, 0.4) is 0 Å². The highest BCUT2D eigenvalue weighted by Gasteiger charge is 2.12. The Kier molecular flexibility index (Phi) is 4.84. The molecular weight excluding hydrogens is 224 g/mol. The number of carbonyl (C=O) groups is 1. The molecule has 18 heavy (non-hydrogen) atoms. The molecule has 0 radical (unpaired) electrons. The topological polar surface area (TPSA) is 32.3 Å². The molecule has 0 aliphatic heterocycles. The number of terminal acetylenes is 2. The molecule has 0 bridgehead atoms. The van der Waals surface area contributed by atoms with Crippen molar-refractivity contribution in [2.45, 2.75) is 13.8 Å². The average molecular weight is 240 g/mol. The lowest BCUT2D eigenvalue weighted by molar-refractivity contribution is 0.223. The van der Waals surface area contributed by atoms with Gasteiger partial charge in [-0.1, -0.05) is 29.5 Å². The summed E-state index contributed by atoms with van der Waals surface area (Å²) in [6, 6.07) is 5.53. The minimum absolute atomic E-state index is 0.195. The average Bonchev–Trinajstić information content (AvgIpc) is 2.32. The third-order valence-corrected chi connectivity index (χ3v) is 2.48. The Morgan fingerprint density at radius 3 is 2.39 bits per heavy atom. The summed E-state index contributed by atoms with van der Waals surface area (Å²) >= 11 is 0. The lowest BCUT2D eigenvalue weighted by Crippen LogP contribution is -2.35. The van der Waals surface area contributed by atoms with Crippen molar-refractivity contribution in [3.63, 3.8) is 0 Å². The van der Waals surface area contributed by atoms with Gasteiger partial charge >= 0.3 is 6.03 Å². The fourth-order valence-electron chi connectivity index (χ4n) is 1.57. The van der Waals surface area contributed by atoms with Gasteiger partial charge in [0.2, 0.25) is 0 Å². The van der Waals surface area contributed by atoms with Crippen LogP contribution in [-0.2, 0) is 0 Å². The van der Waals surface area contributed by atoms with Crippen molar-refractivity contribution >= 4 is 11.7 Å². The Labute approximate surface area is 108 Å². The van der Waals surface area contributed by atoms with Gasteiger partial charge in [-0.2, -0.15) is 0 Å². The number of hydrogen-bond donors (Lipinski definition) is 1. The van der Waals surface area contributed by atoms with Gasteiger partial charge in [0.25, 0.3) is 0 Å². The van der Waals surface area contributed by atoms with E-state index in [1.54, 1.807) is 0 Å². The second kappa shape index (κ2) is 6.37. The van der Waals surface area contributed by atoms with Gasteiger partial charge < -0.3 is 10.2 Å². The fraction of sp³-hybridized carbons (Fsp3) is 0.267. The van der Waals surface area contributed by atoms with Crippen LogP contribution in [-0.4, -0.2) is 24.0 Å². The fourth-order valence-corrected chi connectivity index (χ4v) is 1.57. The Morgan fingerprint density at radius 2 is 1.89 bits per heavy atom. The van der Waals surface area contributed by atoms with E-state index in [1.807, 2.05) is 32.0 Å². The Bertz CT molecular complexity index is 504. The largest absolute Gasteiger partial charge is 0.323 e. The van der Waals surface area contributed by atoms with Gasteiger partial charge in [0, 0.05) is 5.69 Å². The second-order valence-corrected chi connectivity index (χ2v) is 4.01. The summed E-state index contributed by atoms with van der Waals surface area (Å²) in [5.41, 5.74) is 2.92. The van der Waals surface area contributed by atoms with Crippen LogP contribution in [0.5, 0.6) is 0 Å². The monoisotopic (exact) mass is 240 g/mol. The normalized spacial score (nSPS) is 9.11. The molecule has 0 fully saturated rings. The Balaban J connectivity index is 2.80. The standard InChI is InChI=1S/C15H16N2O/c1-5-9-17(10-6-2)15(18)16-14-8-7-12(3)11-13(14)4/h1-2,7-8,11H,9-10H2,3-4H3,(H,16,18). The smallest absolute Gasteiger partial charge is 0.308 e. The molecule has 0 aliphatic carbocycles. The maximum Gasteiger partial charge on any atom is 0.323 e. The molecule has 0 saturated heterocycles. The third-order valence-electron chi connectivity index (χ3n) is 2.48. The molecule has 1 aromatic rings. The lowest BCUT2D eigenvalue weighted by atomic mass is 10.1. The van der Waals surface area contributed by atoms with Crippen molar-refractivity contribution < 1.29 is 4.79 Å². The van der Waals surface area contributed by atoms with E-state index in [0.29, 0.717) is 0 Å². The molecule has 0 aliphatic rings. The summed E-state index contributed by atoms with van der Waals surface area (Å²) in [6.45, 7) is 4.33. The van der Waals surface area contributed by atoms with E-state index in [4.69, 9.17) is 12.8 Å². The van der Waals surface area contributed by atoms with E-state index in [1.165, 1.54) is 4.90 Å². The number of amides is 2. The van der Waals surface area contributed by atoms with Gasteiger partial charge in [-0.25, -0.2) is 4.79 Å². The van der Waals surface area contributed by atoms with Gasteiger partial charge in [0.1, 0.15) is 0 Å². The number of carbonyl (C=O) groups excluding carboxylic acids is 1. The van der Waals surface area contributed by atoms with Gasteiger partial charge in [0.05, 0.1) is 13.1 Å². The molecule has 2 amide bonds. The molecular formula is C15H16N2O. The van der Waals surface area contributed by atoms with Crippen molar-refractivity contribution in [3.05, 3.63) is 29.3 Å². The molecule has 92 valence electrons. The first-order valence-electron chi connectivity index (χ1n) is 5.58. The summed E-state index contributed by atoms with van der Waals surface area (Å²) < 4.78 is 0. The lowest BCUT2D eigenvalue weighted by Gasteiger charge is -2.19. The van der Waals surface area contributed by atoms with Gasteiger partial charge in [-0.05, 0) is 25.5 Å². The molecule has 0 unspecified atom stereocenters. The summed E-state index contributed by atoms with van der Waals surface area (Å²) in [7, 11) is 0. The number of hydrogen-bond acceptors (Lipinski definition) is 1. The van der Waals surface area contributed by atoms with Crippen molar-refractivity contribution in [2.75, 3.05) is 18.4 Å². The van der Waals surface area contributed by atoms with Gasteiger partial charge in [0.15, 0.2) is 0 Å². The number of benzene rings is 1. The Hall–Kier alpha value is -2.39. The second-order valence-electron chi connectivity index (χ2n) is 4.01. The van der Waals surface area contributed by atoms with E-state index in [2.05, 4.69) is 17.2 Å². The molecule has 0 spiro atoms. The quantitative estimate of drug-likeness (QED) is 0.808. The summed E-state index contributed by atoms with van der Waals surface area (Å²) in [5, 5.41) is 2.80. The summed E-state index contributed by atoms with van der Waals surface area (Å²) in [5.74, 6) is 4.83. The zero-order valence-electron chi connectivity index (χ0n) is 10.7. The first-order valence-corrected chi connectivity index (χ1v) is 5.58. The van der Waals surface area contributed by atoms with Crippen molar-refractivity contribution in [3.8, 4) is 24.7 Å². The highest BCUT2D eigenvalue weighted by molar-refractivity contribution is 5.90. The van der Waals surface area contributed by atoms with Crippen LogP contribution in [0, 0.1) is 38.5 Å². The third kappa shape index (κ3) is 3.57. The van der Waals surface area contributed by atoms with E-state index < -0.39 is 0 Å². The van der Waals surface area contributed by atoms with Crippen LogP contribution < -0.4 is 5.32 Å².